The van der Waals surface area contributed by atoms with Gasteiger partial charge in [0.25, 0.3) is 0 Å². The number of carbonyl (C=O) groups excluding carboxylic acids is 3. The Morgan fingerprint density at radius 1 is 1.09 bits per heavy atom. The van der Waals surface area contributed by atoms with Crippen molar-refractivity contribution < 1.29 is 28.2 Å². The highest BCUT2D eigenvalue weighted by atomic mass is 19.1. The largest absolute Gasteiger partial charge is 0.465 e. The zero-order chi connectivity index (χ0) is 23.5. The van der Waals surface area contributed by atoms with Gasteiger partial charge in [-0.25, -0.2) is 14.0 Å². The monoisotopic (exact) mass is 441 g/mol. The van der Waals surface area contributed by atoms with Gasteiger partial charge in [-0.05, 0) is 50.5 Å². The molecule has 2 aromatic rings. The van der Waals surface area contributed by atoms with E-state index in [-0.39, 0.29) is 29.2 Å². The Morgan fingerprint density at radius 3 is 2.38 bits per heavy atom. The number of benzene rings is 2. The van der Waals surface area contributed by atoms with E-state index in [2.05, 4.69) is 4.74 Å². The van der Waals surface area contributed by atoms with Crippen LogP contribution in [0.5, 0.6) is 0 Å². The molecule has 32 heavy (non-hydrogen) atoms. The average Bonchev–Trinajstić information content (AvgIpc) is 3.19. The third-order valence-corrected chi connectivity index (χ3v) is 5.42. The average molecular weight is 441 g/mol. The van der Waals surface area contributed by atoms with Gasteiger partial charge in [0.05, 0.1) is 12.7 Å². The molecule has 1 saturated heterocycles. The number of likely N-dealkylation sites (tertiary alicyclic amines) is 1. The number of carbonyl (C=O) groups is 3. The number of Topliss-reactive ketones (excluding diaryl/α,β-unsaturated/α-hetero) is 1. The molecule has 1 fully saturated rings. The van der Waals surface area contributed by atoms with Gasteiger partial charge in [-0.3, -0.25) is 9.69 Å². The fourth-order valence-corrected chi connectivity index (χ4v) is 3.99. The third kappa shape index (κ3) is 5.33. The van der Waals surface area contributed by atoms with Crippen LogP contribution in [0.15, 0.2) is 48.5 Å². The summed E-state index contributed by atoms with van der Waals surface area (Å²) < 4.78 is 24.8. The second-order valence-electron chi connectivity index (χ2n) is 8.87. The molecular formula is C25H28FNO5. The summed E-state index contributed by atoms with van der Waals surface area (Å²) in [6, 6.07) is 12.6. The lowest BCUT2D eigenvalue weighted by molar-refractivity contribution is -0.123. The maximum absolute atomic E-state index is 14.6. The number of hydrogen-bond donors (Lipinski definition) is 0. The van der Waals surface area contributed by atoms with Gasteiger partial charge in [0.15, 0.2) is 5.78 Å². The molecule has 2 aromatic carbocycles. The number of amides is 1. The molecular weight excluding hydrogens is 413 g/mol. The molecule has 0 saturated carbocycles. The molecule has 0 unspecified atom stereocenters. The van der Waals surface area contributed by atoms with Crippen molar-refractivity contribution in [3.05, 3.63) is 71.0 Å². The van der Waals surface area contributed by atoms with Crippen molar-refractivity contribution in [2.75, 3.05) is 13.7 Å². The first-order valence-electron chi connectivity index (χ1n) is 10.5. The van der Waals surface area contributed by atoms with Crippen LogP contribution >= 0.6 is 0 Å². The van der Waals surface area contributed by atoms with E-state index in [1.54, 1.807) is 20.8 Å². The highest BCUT2D eigenvalue weighted by Crippen LogP contribution is 2.35. The van der Waals surface area contributed by atoms with Crippen LogP contribution in [-0.2, 0) is 20.7 Å². The minimum absolute atomic E-state index is 0.0691. The quantitative estimate of drug-likeness (QED) is 0.638. The Balaban J connectivity index is 1.88. The van der Waals surface area contributed by atoms with Gasteiger partial charge in [-0.15, -0.1) is 0 Å². The van der Waals surface area contributed by atoms with Gasteiger partial charge in [-0.2, -0.15) is 0 Å². The standard InChI is InChI=1S/C25H28FNO5/c1-25(2,3)32-24(30)27-13-12-19(16-8-6-5-7-9-16)22(27)21(28)15-17-10-11-18(14-20(17)26)23(29)31-4/h5-11,14,19,22H,12-13,15H2,1-4H3/t19-,22+/m1/s1. The Labute approximate surface area is 187 Å². The van der Waals surface area contributed by atoms with Crippen LogP contribution in [0.2, 0.25) is 0 Å². The second-order valence-corrected chi connectivity index (χ2v) is 8.87. The Bertz CT molecular complexity index is 999. The maximum atomic E-state index is 14.6. The summed E-state index contributed by atoms with van der Waals surface area (Å²) in [7, 11) is 1.22. The topological polar surface area (TPSA) is 72.9 Å². The molecule has 2 atom stereocenters. The number of ether oxygens (including phenoxy) is 2. The first-order valence-corrected chi connectivity index (χ1v) is 10.5. The summed E-state index contributed by atoms with van der Waals surface area (Å²) in [5, 5.41) is 0. The van der Waals surface area contributed by atoms with E-state index in [4.69, 9.17) is 4.74 Å². The number of ketones is 1. The van der Waals surface area contributed by atoms with Crippen molar-refractivity contribution in [1.29, 1.82) is 0 Å². The van der Waals surface area contributed by atoms with Crippen LogP contribution < -0.4 is 0 Å². The van der Waals surface area contributed by atoms with Crippen molar-refractivity contribution >= 4 is 17.8 Å². The lowest BCUT2D eigenvalue weighted by atomic mass is 9.87. The van der Waals surface area contributed by atoms with Crippen LogP contribution in [0.1, 0.15) is 54.6 Å². The third-order valence-electron chi connectivity index (χ3n) is 5.42. The summed E-state index contributed by atoms with van der Waals surface area (Å²) in [4.78, 5) is 39.3. The smallest absolute Gasteiger partial charge is 0.410 e. The number of halogens is 1. The predicted octanol–water partition coefficient (Wildman–Crippen LogP) is 4.52. The molecule has 1 aliphatic heterocycles. The normalized spacial score (nSPS) is 18.3. The highest BCUT2D eigenvalue weighted by molar-refractivity contribution is 5.92. The van der Waals surface area contributed by atoms with E-state index in [0.29, 0.717) is 13.0 Å². The fourth-order valence-electron chi connectivity index (χ4n) is 3.99. The minimum atomic E-state index is -0.771. The predicted molar refractivity (Wildman–Crippen MR) is 117 cm³/mol. The summed E-state index contributed by atoms with van der Waals surface area (Å²) in [5.74, 6) is -1.82. The number of nitrogens with zero attached hydrogens (tertiary/aromatic N) is 1. The van der Waals surface area contributed by atoms with E-state index in [0.717, 1.165) is 11.6 Å². The number of hydrogen-bond acceptors (Lipinski definition) is 5. The first-order chi connectivity index (χ1) is 15.1. The van der Waals surface area contributed by atoms with Crippen molar-refractivity contribution in [2.24, 2.45) is 0 Å². The SMILES string of the molecule is COC(=O)c1ccc(CC(=O)[C@@H]2[C@@H](c3ccccc3)CCN2C(=O)OC(C)(C)C)c(F)c1. The second kappa shape index (κ2) is 9.51. The summed E-state index contributed by atoms with van der Waals surface area (Å²) in [5.41, 5.74) is 0.467. The van der Waals surface area contributed by atoms with E-state index < -0.39 is 29.5 Å². The van der Waals surface area contributed by atoms with E-state index in [1.807, 2.05) is 30.3 Å². The fraction of sp³-hybridized carbons (Fsp3) is 0.400. The van der Waals surface area contributed by atoms with Gasteiger partial charge < -0.3 is 9.47 Å². The van der Waals surface area contributed by atoms with Crippen LogP contribution in [0.25, 0.3) is 0 Å². The zero-order valence-electron chi connectivity index (χ0n) is 18.8. The number of methoxy groups -OCH3 is 1. The maximum Gasteiger partial charge on any atom is 0.410 e. The van der Waals surface area contributed by atoms with Crippen molar-refractivity contribution in [3.63, 3.8) is 0 Å². The molecule has 0 N–H and O–H groups in total. The Kier molecular flexibility index (Phi) is 6.96. The van der Waals surface area contributed by atoms with Crippen LogP contribution in [-0.4, -0.2) is 48.0 Å². The Morgan fingerprint density at radius 2 is 1.78 bits per heavy atom. The van der Waals surface area contributed by atoms with Gasteiger partial charge in [-0.1, -0.05) is 36.4 Å². The summed E-state index contributed by atoms with van der Waals surface area (Å²) >= 11 is 0. The van der Waals surface area contributed by atoms with Crippen LogP contribution in [0.3, 0.4) is 0 Å². The molecule has 0 aliphatic carbocycles. The molecule has 6 nitrogen and oxygen atoms in total. The minimum Gasteiger partial charge on any atom is -0.465 e. The molecule has 1 heterocycles. The van der Waals surface area contributed by atoms with E-state index in [9.17, 15) is 18.8 Å². The molecule has 3 rings (SSSR count). The van der Waals surface area contributed by atoms with Crippen LogP contribution in [0, 0.1) is 5.82 Å². The van der Waals surface area contributed by atoms with Crippen molar-refractivity contribution in [2.45, 2.75) is 51.2 Å². The van der Waals surface area contributed by atoms with Gasteiger partial charge in [0.2, 0.25) is 0 Å². The molecule has 0 aromatic heterocycles. The van der Waals surface area contributed by atoms with Gasteiger partial charge in [0.1, 0.15) is 17.5 Å². The summed E-state index contributed by atoms with van der Waals surface area (Å²) in [6.45, 7) is 5.68. The number of rotatable bonds is 5. The van der Waals surface area contributed by atoms with E-state index in [1.165, 1.54) is 24.1 Å². The van der Waals surface area contributed by atoms with E-state index >= 15 is 0 Å². The molecule has 1 amide bonds. The van der Waals surface area contributed by atoms with Crippen LogP contribution in [0.4, 0.5) is 9.18 Å². The molecule has 0 bridgehead atoms. The first kappa shape index (κ1) is 23.4. The summed E-state index contributed by atoms with van der Waals surface area (Å²) in [6.07, 6.45) is -0.167. The molecule has 0 radical (unpaired) electrons. The molecule has 7 heteroatoms. The zero-order valence-corrected chi connectivity index (χ0v) is 18.8. The number of esters is 1. The lowest BCUT2D eigenvalue weighted by Gasteiger charge is -2.30. The van der Waals surface area contributed by atoms with Crippen molar-refractivity contribution in [1.82, 2.24) is 4.90 Å². The molecule has 0 spiro atoms. The van der Waals surface area contributed by atoms with Crippen molar-refractivity contribution in [3.8, 4) is 0 Å². The Hall–Kier alpha value is -3.22. The molecule has 1 aliphatic rings. The lowest BCUT2D eigenvalue weighted by Crippen LogP contribution is -2.45. The molecule has 170 valence electrons. The highest BCUT2D eigenvalue weighted by Gasteiger charge is 2.43. The van der Waals surface area contributed by atoms with Gasteiger partial charge >= 0.3 is 12.1 Å². The van der Waals surface area contributed by atoms with Gasteiger partial charge in [0, 0.05) is 18.9 Å².